The average Bonchev–Trinajstić information content (AvgIpc) is 2.57. The van der Waals surface area contributed by atoms with Gasteiger partial charge in [-0.2, -0.15) is 0 Å². The van der Waals surface area contributed by atoms with Crippen molar-refractivity contribution in [2.75, 3.05) is 0 Å². The maximum Gasteiger partial charge on any atom is 0.201 e. The van der Waals surface area contributed by atoms with Gasteiger partial charge in [0.1, 0.15) is 0 Å². The van der Waals surface area contributed by atoms with E-state index in [1.807, 2.05) is 6.07 Å². The van der Waals surface area contributed by atoms with Gasteiger partial charge in [0.15, 0.2) is 9.84 Å². The van der Waals surface area contributed by atoms with Gasteiger partial charge in [0.05, 0.1) is 11.0 Å². The lowest BCUT2D eigenvalue weighted by Gasteiger charge is -2.44. The summed E-state index contributed by atoms with van der Waals surface area (Å²) in [6, 6.07) is 8.57. The molecule has 26 heavy (non-hydrogen) atoms. The van der Waals surface area contributed by atoms with Gasteiger partial charge in [-0.25, -0.2) is 8.42 Å². The first kappa shape index (κ1) is 23.1. The molecule has 0 aliphatic heterocycles. The van der Waals surface area contributed by atoms with Crippen molar-refractivity contribution in [2.24, 2.45) is 0 Å². The van der Waals surface area contributed by atoms with E-state index < -0.39 is 18.2 Å². The zero-order valence-corrected chi connectivity index (χ0v) is 19.2. The number of rotatable bonds is 10. The van der Waals surface area contributed by atoms with Crippen molar-refractivity contribution in [1.82, 2.24) is 0 Å². The average molecular weight is 397 g/mol. The summed E-state index contributed by atoms with van der Waals surface area (Å²) >= 11 is 0. The highest BCUT2D eigenvalue weighted by atomic mass is 32.2. The fourth-order valence-corrected chi connectivity index (χ4v) is 10.6. The SMILES string of the molecule is CCC[C@@H](/C=C/S(=O)(=O)c1ccccc1)O[Si](C(C)C)(C(C)C)C(C)C. The minimum Gasteiger partial charge on any atom is -0.410 e. The Morgan fingerprint density at radius 3 is 1.88 bits per heavy atom. The summed E-state index contributed by atoms with van der Waals surface area (Å²) in [5.41, 5.74) is 1.42. The second-order valence-electron chi connectivity index (χ2n) is 7.95. The summed E-state index contributed by atoms with van der Waals surface area (Å²) in [5, 5.41) is 1.34. The maximum atomic E-state index is 12.6. The summed E-state index contributed by atoms with van der Waals surface area (Å²) in [6.45, 7) is 15.6. The van der Waals surface area contributed by atoms with E-state index in [2.05, 4.69) is 48.5 Å². The highest BCUT2D eigenvalue weighted by Gasteiger charge is 2.46. The fourth-order valence-electron chi connectivity index (χ4n) is 4.03. The third-order valence-electron chi connectivity index (χ3n) is 5.18. The zero-order valence-electron chi connectivity index (χ0n) is 17.4. The lowest BCUT2D eigenvalue weighted by atomic mass is 10.2. The molecule has 0 aromatic heterocycles. The molecule has 0 N–H and O–H groups in total. The van der Waals surface area contributed by atoms with Crippen molar-refractivity contribution in [2.45, 2.75) is 88.9 Å². The van der Waals surface area contributed by atoms with E-state index in [0.717, 1.165) is 12.8 Å². The van der Waals surface area contributed by atoms with Gasteiger partial charge in [-0.15, -0.1) is 0 Å². The van der Waals surface area contributed by atoms with E-state index in [0.29, 0.717) is 21.5 Å². The molecule has 1 rings (SSSR count). The minimum atomic E-state index is -3.44. The Morgan fingerprint density at radius 1 is 0.962 bits per heavy atom. The van der Waals surface area contributed by atoms with Crippen LogP contribution in [0.4, 0.5) is 0 Å². The van der Waals surface area contributed by atoms with Gasteiger partial charge in [0, 0.05) is 5.41 Å². The summed E-state index contributed by atoms with van der Waals surface area (Å²) in [5.74, 6) is 0. The van der Waals surface area contributed by atoms with E-state index in [9.17, 15) is 8.42 Å². The first-order chi connectivity index (χ1) is 12.1. The van der Waals surface area contributed by atoms with Crippen LogP contribution < -0.4 is 0 Å². The molecule has 1 atom stereocenters. The first-order valence-electron chi connectivity index (χ1n) is 9.74. The van der Waals surface area contributed by atoms with Gasteiger partial charge in [0.25, 0.3) is 0 Å². The molecule has 5 heteroatoms. The summed E-state index contributed by atoms with van der Waals surface area (Å²) < 4.78 is 31.9. The van der Waals surface area contributed by atoms with Gasteiger partial charge in [-0.05, 0) is 41.3 Å². The largest absolute Gasteiger partial charge is 0.410 e. The van der Waals surface area contributed by atoms with Crippen molar-refractivity contribution in [3.05, 3.63) is 41.8 Å². The Kier molecular flexibility index (Phi) is 8.77. The molecule has 0 aliphatic rings. The molecule has 0 unspecified atom stereocenters. The number of benzene rings is 1. The van der Waals surface area contributed by atoms with Crippen LogP contribution in [0, 0.1) is 0 Å². The third kappa shape index (κ3) is 5.54. The standard InChI is InChI=1S/C21H36O3SSi/c1-8-12-20(24-26(17(2)3,18(4)5)19(6)7)15-16-25(22,23)21-13-10-9-11-14-21/h9-11,13-20H,8,12H2,1-7H3/b16-15+/t20-/m0/s1. The zero-order chi connectivity index (χ0) is 20.0. The van der Waals surface area contributed by atoms with Crippen LogP contribution in [0.2, 0.25) is 16.6 Å². The van der Waals surface area contributed by atoms with E-state index in [-0.39, 0.29) is 6.10 Å². The van der Waals surface area contributed by atoms with E-state index in [4.69, 9.17) is 4.43 Å². The van der Waals surface area contributed by atoms with Crippen molar-refractivity contribution in [3.8, 4) is 0 Å². The molecule has 0 saturated heterocycles. The summed E-state index contributed by atoms with van der Waals surface area (Å²) in [6.07, 6.45) is 3.40. The van der Waals surface area contributed by atoms with Crippen LogP contribution in [-0.2, 0) is 14.3 Å². The molecular weight excluding hydrogens is 360 g/mol. The van der Waals surface area contributed by atoms with Crippen LogP contribution in [0.15, 0.2) is 46.7 Å². The Labute approximate surface area is 161 Å². The van der Waals surface area contributed by atoms with Gasteiger partial charge >= 0.3 is 0 Å². The van der Waals surface area contributed by atoms with Crippen molar-refractivity contribution < 1.29 is 12.8 Å². The second-order valence-corrected chi connectivity index (χ2v) is 15.2. The van der Waals surface area contributed by atoms with Crippen LogP contribution in [0.5, 0.6) is 0 Å². The molecule has 3 nitrogen and oxygen atoms in total. The first-order valence-corrected chi connectivity index (χ1v) is 13.4. The van der Waals surface area contributed by atoms with Gasteiger partial charge in [-0.3, -0.25) is 0 Å². The lowest BCUT2D eigenvalue weighted by Crippen LogP contribution is -2.49. The molecule has 0 bridgehead atoms. The van der Waals surface area contributed by atoms with Crippen LogP contribution in [-0.4, -0.2) is 22.8 Å². The Bertz CT molecular complexity index is 642. The molecule has 0 spiro atoms. The topological polar surface area (TPSA) is 43.4 Å². The minimum absolute atomic E-state index is 0.155. The van der Waals surface area contributed by atoms with Crippen molar-refractivity contribution >= 4 is 18.2 Å². The molecule has 0 radical (unpaired) electrons. The van der Waals surface area contributed by atoms with Crippen LogP contribution in [0.1, 0.15) is 61.3 Å². The monoisotopic (exact) mass is 396 g/mol. The van der Waals surface area contributed by atoms with Crippen LogP contribution >= 0.6 is 0 Å². The quantitative estimate of drug-likeness (QED) is 0.434. The van der Waals surface area contributed by atoms with Crippen molar-refractivity contribution in [1.29, 1.82) is 0 Å². The normalized spacial score (nSPS) is 14.7. The molecule has 1 aromatic rings. The third-order valence-corrected chi connectivity index (χ3v) is 12.7. The fraction of sp³-hybridized carbons (Fsp3) is 0.619. The Hall–Kier alpha value is -0.913. The van der Waals surface area contributed by atoms with Gasteiger partial charge in [-0.1, -0.05) is 73.1 Å². The summed E-state index contributed by atoms with van der Waals surface area (Å²) in [4.78, 5) is 0.326. The second kappa shape index (κ2) is 9.86. The van der Waals surface area contributed by atoms with Gasteiger partial charge < -0.3 is 4.43 Å². The molecule has 0 aliphatic carbocycles. The van der Waals surface area contributed by atoms with E-state index in [1.165, 1.54) is 5.41 Å². The molecule has 1 aromatic carbocycles. The van der Waals surface area contributed by atoms with E-state index in [1.54, 1.807) is 30.3 Å². The van der Waals surface area contributed by atoms with Crippen LogP contribution in [0.25, 0.3) is 0 Å². The Balaban J connectivity index is 3.15. The van der Waals surface area contributed by atoms with Gasteiger partial charge in [0.2, 0.25) is 8.32 Å². The number of hydrogen-bond donors (Lipinski definition) is 0. The maximum absolute atomic E-state index is 12.6. The highest BCUT2D eigenvalue weighted by molar-refractivity contribution is 7.94. The molecule has 148 valence electrons. The molecule has 0 fully saturated rings. The smallest absolute Gasteiger partial charge is 0.201 e. The predicted octanol–water partition coefficient (Wildman–Crippen LogP) is 6.33. The highest BCUT2D eigenvalue weighted by Crippen LogP contribution is 2.43. The van der Waals surface area contributed by atoms with E-state index >= 15 is 0 Å². The predicted molar refractivity (Wildman–Crippen MR) is 114 cm³/mol. The molecular formula is C21H36O3SSi. The van der Waals surface area contributed by atoms with Crippen LogP contribution in [0.3, 0.4) is 0 Å². The molecule has 0 amide bonds. The molecule has 0 saturated carbocycles. The summed E-state index contributed by atoms with van der Waals surface area (Å²) in [7, 11) is -5.48. The molecule has 0 heterocycles. The number of hydrogen-bond acceptors (Lipinski definition) is 3. The lowest BCUT2D eigenvalue weighted by molar-refractivity contribution is 0.206. The Morgan fingerprint density at radius 2 is 1.46 bits per heavy atom. The van der Waals surface area contributed by atoms with Crippen molar-refractivity contribution in [3.63, 3.8) is 0 Å². The number of sulfone groups is 1.